The van der Waals surface area contributed by atoms with E-state index in [1.807, 2.05) is 27.7 Å². The molecule has 1 aliphatic rings. The molecule has 1 saturated carbocycles. The van der Waals surface area contributed by atoms with Crippen LogP contribution in [-0.2, 0) is 9.53 Å². The van der Waals surface area contributed by atoms with Crippen LogP contribution in [0.25, 0.3) is 0 Å². The number of nitrogens with one attached hydrogen (secondary N) is 1. The summed E-state index contributed by atoms with van der Waals surface area (Å²) in [6.07, 6.45) is 2.08. The van der Waals surface area contributed by atoms with E-state index < -0.39 is 11.5 Å². The highest BCUT2D eigenvalue weighted by Gasteiger charge is 2.46. The van der Waals surface area contributed by atoms with Gasteiger partial charge in [0.15, 0.2) is 0 Å². The van der Waals surface area contributed by atoms with Gasteiger partial charge in [-0.15, -0.1) is 0 Å². The molecule has 1 rings (SSSR count). The van der Waals surface area contributed by atoms with Gasteiger partial charge < -0.3 is 15.2 Å². The Hall–Kier alpha value is -0.610. The summed E-state index contributed by atoms with van der Waals surface area (Å²) >= 11 is 0. The van der Waals surface area contributed by atoms with E-state index in [1.165, 1.54) is 0 Å². The number of aliphatic carboxylic acids is 1. The fourth-order valence-electron chi connectivity index (χ4n) is 2.37. The highest BCUT2D eigenvalue weighted by atomic mass is 16.5. The summed E-state index contributed by atoms with van der Waals surface area (Å²) in [5, 5.41) is 12.4. The van der Waals surface area contributed by atoms with Crippen LogP contribution in [0.4, 0.5) is 0 Å². The normalized spacial score (nSPS) is 30.6. The van der Waals surface area contributed by atoms with Gasteiger partial charge >= 0.3 is 5.97 Å². The quantitative estimate of drug-likeness (QED) is 0.771. The number of likely N-dealkylation sites (N-methyl/N-ethyl adjacent to an activating group) is 1. The van der Waals surface area contributed by atoms with Crippen molar-refractivity contribution >= 4 is 5.97 Å². The van der Waals surface area contributed by atoms with Crippen LogP contribution in [0.2, 0.25) is 0 Å². The maximum atomic E-state index is 11.3. The van der Waals surface area contributed by atoms with Gasteiger partial charge in [0, 0.05) is 6.42 Å². The lowest BCUT2D eigenvalue weighted by Gasteiger charge is -2.28. The fraction of sp³-hybridized carbons (Fsp3) is 0.917. The van der Waals surface area contributed by atoms with Gasteiger partial charge in [0.25, 0.3) is 0 Å². The summed E-state index contributed by atoms with van der Waals surface area (Å²) in [4.78, 5) is 11.3. The standard InChI is InChI=1S/C12H23NO3/c1-5-13-12(10(14)15)7-6-9(8-12)16-11(2,3)4/h9,13H,5-8H2,1-4H3,(H,14,15). The Labute approximate surface area is 97.4 Å². The zero-order valence-corrected chi connectivity index (χ0v) is 10.7. The van der Waals surface area contributed by atoms with Gasteiger partial charge in [-0.3, -0.25) is 4.79 Å². The van der Waals surface area contributed by atoms with Crippen LogP contribution in [0, 0.1) is 0 Å². The largest absolute Gasteiger partial charge is 0.480 e. The van der Waals surface area contributed by atoms with Crippen LogP contribution >= 0.6 is 0 Å². The third-order valence-electron chi connectivity index (χ3n) is 2.91. The van der Waals surface area contributed by atoms with Gasteiger partial charge in [-0.2, -0.15) is 0 Å². The second-order valence-electron chi connectivity index (χ2n) is 5.51. The fourth-order valence-corrected chi connectivity index (χ4v) is 2.37. The van der Waals surface area contributed by atoms with E-state index in [2.05, 4.69) is 5.32 Å². The summed E-state index contributed by atoms with van der Waals surface area (Å²) < 4.78 is 5.85. The Morgan fingerprint density at radius 3 is 2.62 bits per heavy atom. The molecule has 0 aromatic carbocycles. The van der Waals surface area contributed by atoms with Crippen molar-refractivity contribution in [3.63, 3.8) is 0 Å². The number of carboxylic acids is 1. The van der Waals surface area contributed by atoms with Crippen LogP contribution < -0.4 is 5.32 Å². The predicted molar refractivity (Wildman–Crippen MR) is 62.5 cm³/mol. The predicted octanol–water partition coefficient (Wildman–Crippen LogP) is 1.79. The molecule has 0 amide bonds. The molecule has 16 heavy (non-hydrogen) atoms. The van der Waals surface area contributed by atoms with Crippen LogP contribution in [0.1, 0.15) is 47.0 Å². The van der Waals surface area contributed by atoms with Crippen LogP contribution in [0.3, 0.4) is 0 Å². The SMILES string of the molecule is CCNC1(C(=O)O)CCC(OC(C)(C)C)C1. The first-order chi connectivity index (χ1) is 7.29. The highest BCUT2D eigenvalue weighted by molar-refractivity contribution is 5.79. The van der Waals surface area contributed by atoms with Crippen molar-refractivity contribution in [2.75, 3.05) is 6.54 Å². The van der Waals surface area contributed by atoms with Crippen molar-refractivity contribution in [1.29, 1.82) is 0 Å². The first kappa shape index (κ1) is 13.5. The maximum absolute atomic E-state index is 11.3. The van der Waals surface area contributed by atoms with Gasteiger partial charge in [-0.1, -0.05) is 6.92 Å². The van der Waals surface area contributed by atoms with Crippen LogP contribution in [0.15, 0.2) is 0 Å². The zero-order valence-electron chi connectivity index (χ0n) is 10.7. The van der Waals surface area contributed by atoms with Gasteiger partial charge in [0.2, 0.25) is 0 Å². The Morgan fingerprint density at radius 2 is 2.19 bits per heavy atom. The van der Waals surface area contributed by atoms with Crippen molar-refractivity contribution in [3.05, 3.63) is 0 Å². The third-order valence-corrected chi connectivity index (χ3v) is 2.91. The van der Waals surface area contributed by atoms with Crippen LogP contribution in [0.5, 0.6) is 0 Å². The molecule has 0 saturated heterocycles. The Kier molecular flexibility index (Phi) is 3.97. The molecule has 0 bridgehead atoms. The van der Waals surface area contributed by atoms with Crippen molar-refractivity contribution in [3.8, 4) is 0 Å². The van der Waals surface area contributed by atoms with E-state index in [1.54, 1.807) is 0 Å². The average molecular weight is 229 g/mol. The van der Waals surface area contributed by atoms with Gasteiger partial charge in [-0.25, -0.2) is 0 Å². The molecule has 0 aliphatic heterocycles. The maximum Gasteiger partial charge on any atom is 0.323 e. The number of carboxylic acid groups (broad SMARTS) is 1. The molecule has 1 aliphatic carbocycles. The molecule has 2 unspecified atom stereocenters. The molecule has 0 heterocycles. The van der Waals surface area contributed by atoms with E-state index in [9.17, 15) is 9.90 Å². The zero-order chi connectivity index (χ0) is 12.4. The molecule has 0 spiro atoms. The monoisotopic (exact) mass is 229 g/mol. The number of hydrogen-bond donors (Lipinski definition) is 2. The van der Waals surface area contributed by atoms with Crippen molar-refractivity contribution in [1.82, 2.24) is 5.32 Å². The van der Waals surface area contributed by atoms with Gasteiger partial charge in [-0.05, 0) is 40.2 Å². The lowest BCUT2D eigenvalue weighted by atomic mass is 9.98. The lowest BCUT2D eigenvalue weighted by Crippen LogP contribution is -2.50. The van der Waals surface area contributed by atoms with E-state index in [0.717, 1.165) is 6.42 Å². The molecular weight excluding hydrogens is 206 g/mol. The van der Waals surface area contributed by atoms with E-state index in [-0.39, 0.29) is 11.7 Å². The molecule has 4 heteroatoms. The van der Waals surface area contributed by atoms with Crippen molar-refractivity contribution < 1.29 is 14.6 Å². The third kappa shape index (κ3) is 3.19. The minimum Gasteiger partial charge on any atom is -0.480 e. The molecule has 0 radical (unpaired) electrons. The number of carbonyl (C=O) groups is 1. The summed E-state index contributed by atoms with van der Waals surface area (Å²) in [7, 11) is 0. The van der Waals surface area contributed by atoms with Crippen molar-refractivity contribution in [2.24, 2.45) is 0 Å². The topological polar surface area (TPSA) is 58.6 Å². The molecular formula is C12H23NO3. The Balaban J connectivity index is 2.64. The van der Waals surface area contributed by atoms with Gasteiger partial charge in [0.05, 0.1) is 11.7 Å². The van der Waals surface area contributed by atoms with E-state index in [0.29, 0.717) is 19.4 Å². The molecule has 94 valence electrons. The van der Waals surface area contributed by atoms with E-state index >= 15 is 0 Å². The van der Waals surface area contributed by atoms with E-state index in [4.69, 9.17) is 4.74 Å². The molecule has 0 aromatic rings. The number of hydrogen-bond acceptors (Lipinski definition) is 3. The summed E-state index contributed by atoms with van der Waals surface area (Å²) in [6, 6.07) is 0. The number of ether oxygens (including phenoxy) is 1. The summed E-state index contributed by atoms with van der Waals surface area (Å²) in [5.41, 5.74) is -0.976. The molecule has 1 fully saturated rings. The Bertz CT molecular complexity index is 259. The minimum absolute atomic E-state index is 0.0511. The summed E-state index contributed by atoms with van der Waals surface area (Å²) in [5.74, 6) is -0.755. The number of rotatable bonds is 4. The van der Waals surface area contributed by atoms with Gasteiger partial charge in [0.1, 0.15) is 5.54 Å². The highest BCUT2D eigenvalue weighted by Crippen LogP contribution is 2.34. The first-order valence-corrected chi connectivity index (χ1v) is 5.95. The average Bonchev–Trinajstić information content (AvgIpc) is 2.47. The second kappa shape index (κ2) is 4.72. The van der Waals surface area contributed by atoms with Crippen molar-refractivity contribution in [2.45, 2.75) is 64.2 Å². The molecule has 4 nitrogen and oxygen atoms in total. The smallest absolute Gasteiger partial charge is 0.323 e. The van der Waals surface area contributed by atoms with Crippen LogP contribution in [-0.4, -0.2) is 34.9 Å². The minimum atomic E-state index is -0.773. The summed E-state index contributed by atoms with van der Waals surface area (Å²) in [6.45, 7) is 8.61. The molecule has 0 aromatic heterocycles. The Morgan fingerprint density at radius 1 is 1.56 bits per heavy atom. The lowest BCUT2D eigenvalue weighted by molar-refractivity contribution is -0.145. The first-order valence-electron chi connectivity index (χ1n) is 5.95. The second-order valence-corrected chi connectivity index (χ2v) is 5.51. The molecule has 2 N–H and O–H groups in total. The molecule has 2 atom stereocenters.